The Kier molecular flexibility index (Phi) is 2.91. The van der Waals surface area contributed by atoms with Crippen LogP contribution >= 0.6 is 0 Å². The van der Waals surface area contributed by atoms with Gasteiger partial charge in [-0.25, -0.2) is 4.39 Å². The highest BCUT2D eigenvalue weighted by Crippen LogP contribution is 2.56. The van der Waals surface area contributed by atoms with Gasteiger partial charge in [0.15, 0.2) is 0 Å². The first-order valence-electron chi connectivity index (χ1n) is 6.76. The van der Waals surface area contributed by atoms with Crippen LogP contribution in [-0.2, 0) is 6.42 Å². The van der Waals surface area contributed by atoms with Gasteiger partial charge in [0.1, 0.15) is 5.82 Å². The smallest absolute Gasteiger partial charge is 0.126 e. The molecule has 3 unspecified atom stereocenters. The van der Waals surface area contributed by atoms with E-state index in [1.165, 1.54) is 31.7 Å². The molecule has 0 spiro atoms. The predicted octanol–water partition coefficient (Wildman–Crippen LogP) is 3.13. The van der Waals surface area contributed by atoms with E-state index in [4.69, 9.17) is 5.73 Å². The molecule has 0 heterocycles. The molecular weight excluding hydrogens is 213 g/mol. The lowest BCUT2D eigenvalue weighted by molar-refractivity contribution is 0.480. The molecule has 0 amide bonds. The van der Waals surface area contributed by atoms with E-state index >= 15 is 0 Å². The molecule has 2 heteroatoms. The van der Waals surface area contributed by atoms with Crippen molar-refractivity contribution < 1.29 is 4.39 Å². The summed E-state index contributed by atoms with van der Waals surface area (Å²) in [6.45, 7) is 0. The summed E-state index contributed by atoms with van der Waals surface area (Å²) in [6, 6.07) is 7.18. The van der Waals surface area contributed by atoms with Crippen LogP contribution in [0.5, 0.6) is 0 Å². The quantitative estimate of drug-likeness (QED) is 0.852. The van der Waals surface area contributed by atoms with E-state index in [1.807, 2.05) is 12.1 Å². The molecule has 0 saturated heterocycles. The molecule has 92 valence electrons. The van der Waals surface area contributed by atoms with Gasteiger partial charge in [0, 0.05) is 6.04 Å². The number of fused-ring (bicyclic) bond motifs is 1. The first-order chi connectivity index (χ1) is 8.27. The molecule has 2 aliphatic rings. The summed E-state index contributed by atoms with van der Waals surface area (Å²) in [4.78, 5) is 0. The number of halogens is 1. The van der Waals surface area contributed by atoms with Gasteiger partial charge in [-0.3, -0.25) is 0 Å². The minimum absolute atomic E-state index is 0.105. The van der Waals surface area contributed by atoms with Crippen LogP contribution in [0.4, 0.5) is 4.39 Å². The number of hydrogen-bond donors (Lipinski definition) is 1. The summed E-state index contributed by atoms with van der Waals surface area (Å²) in [6.07, 6.45) is 6.12. The van der Waals surface area contributed by atoms with Crippen molar-refractivity contribution in [3.63, 3.8) is 0 Å². The van der Waals surface area contributed by atoms with Gasteiger partial charge in [0.2, 0.25) is 0 Å². The van der Waals surface area contributed by atoms with Crippen LogP contribution in [0, 0.1) is 23.6 Å². The minimum Gasteiger partial charge on any atom is -0.327 e. The molecule has 3 rings (SSSR count). The zero-order chi connectivity index (χ0) is 11.8. The minimum atomic E-state index is -0.105. The Bertz CT molecular complexity index is 392. The Labute approximate surface area is 102 Å². The molecule has 3 atom stereocenters. The van der Waals surface area contributed by atoms with Gasteiger partial charge in [-0.15, -0.1) is 0 Å². The van der Waals surface area contributed by atoms with Gasteiger partial charge >= 0.3 is 0 Å². The zero-order valence-corrected chi connectivity index (χ0v) is 10.1. The second kappa shape index (κ2) is 4.41. The molecule has 17 heavy (non-hydrogen) atoms. The third kappa shape index (κ3) is 2.11. The van der Waals surface area contributed by atoms with Crippen LogP contribution in [-0.4, -0.2) is 6.04 Å². The van der Waals surface area contributed by atoms with Crippen molar-refractivity contribution in [1.29, 1.82) is 0 Å². The number of nitrogens with two attached hydrogens (primary N) is 1. The fraction of sp³-hybridized carbons (Fsp3) is 0.600. The first kappa shape index (κ1) is 11.2. The molecule has 0 bridgehead atoms. The van der Waals surface area contributed by atoms with Crippen molar-refractivity contribution in [3.05, 3.63) is 35.6 Å². The largest absolute Gasteiger partial charge is 0.327 e. The maximum absolute atomic E-state index is 13.5. The van der Waals surface area contributed by atoms with Gasteiger partial charge in [-0.1, -0.05) is 31.0 Å². The van der Waals surface area contributed by atoms with Gasteiger partial charge in [-0.05, 0) is 48.6 Å². The number of hydrogen-bond acceptors (Lipinski definition) is 1. The Morgan fingerprint density at radius 1 is 1.18 bits per heavy atom. The van der Waals surface area contributed by atoms with Crippen molar-refractivity contribution in [2.45, 2.75) is 38.1 Å². The summed E-state index contributed by atoms with van der Waals surface area (Å²) >= 11 is 0. The summed E-state index contributed by atoms with van der Waals surface area (Å²) in [7, 11) is 0. The van der Waals surface area contributed by atoms with E-state index < -0.39 is 0 Å². The normalized spacial score (nSPS) is 32.9. The van der Waals surface area contributed by atoms with Gasteiger partial charge in [-0.2, -0.15) is 0 Å². The molecule has 0 aromatic heterocycles. The van der Waals surface area contributed by atoms with E-state index in [-0.39, 0.29) is 11.9 Å². The monoisotopic (exact) mass is 233 g/mol. The molecule has 2 N–H and O–H groups in total. The maximum Gasteiger partial charge on any atom is 0.126 e. The van der Waals surface area contributed by atoms with Crippen molar-refractivity contribution >= 4 is 0 Å². The van der Waals surface area contributed by atoms with Crippen LogP contribution < -0.4 is 5.73 Å². The molecule has 2 fully saturated rings. The van der Waals surface area contributed by atoms with Crippen LogP contribution in [0.1, 0.15) is 31.2 Å². The highest BCUT2D eigenvalue weighted by atomic mass is 19.1. The molecule has 1 aromatic rings. The molecule has 2 aliphatic carbocycles. The Morgan fingerprint density at radius 2 is 1.82 bits per heavy atom. The molecule has 1 nitrogen and oxygen atoms in total. The fourth-order valence-corrected chi connectivity index (χ4v) is 3.74. The standard InChI is InChI=1S/C15H20FN/c16-13-8-4-1-5-10(13)9-14(17)15-11-6-2-3-7-12(11)15/h1,4-5,8,11-12,14-15H,2-3,6-7,9,17H2. The number of benzene rings is 1. The Balaban J connectivity index is 1.64. The van der Waals surface area contributed by atoms with E-state index in [9.17, 15) is 4.39 Å². The Hall–Kier alpha value is -0.890. The van der Waals surface area contributed by atoms with Crippen molar-refractivity contribution in [1.82, 2.24) is 0 Å². The average molecular weight is 233 g/mol. The van der Waals surface area contributed by atoms with E-state index in [2.05, 4.69) is 0 Å². The average Bonchev–Trinajstić information content (AvgIpc) is 3.06. The SMILES string of the molecule is NC(Cc1ccccc1F)C1C2CCCCC21. The van der Waals surface area contributed by atoms with Gasteiger partial charge in [0.05, 0.1) is 0 Å². The molecule has 1 aromatic carbocycles. The fourth-order valence-electron chi connectivity index (χ4n) is 3.74. The molecular formula is C15H20FN. The third-order valence-corrected chi connectivity index (χ3v) is 4.63. The first-order valence-corrected chi connectivity index (χ1v) is 6.76. The summed E-state index contributed by atoms with van der Waals surface area (Å²) in [5.41, 5.74) is 7.05. The second-order valence-corrected chi connectivity index (χ2v) is 5.65. The van der Waals surface area contributed by atoms with E-state index in [0.717, 1.165) is 17.4 Å². The number of rotatable bonds is 3. The summed E-state index contributed by atoms with van der Waals surface area (Å²) in [5, 5.41) is 0. The highest BCUT2D eigenvalue weighted by Gasteiger charge is 2.52. The predicted molar refractivity (Wildman–Crippen MR) is 67.0 cm³/mol. The second-order valence-electron chi connectivity index (χ2n) is 5.65. The van der Waals surface area contributed by atoms with Crippen LogP contribution in [0.15, 0.2) is 24.3 Å². The van der Waals surface area contributed by atoms with Crippen molar-refractivity contribution in [2.24, 2.45) is 23.5 Å². The summed E-state index contributed by atoms with van der Waals surface area (Å²) < 4.78 is 13.5. The third-order valence-electron chi connectivity index (χ3n) is 4.63. The lowest BCUT2D eigenvalue weighted by atomic mass is 10.0. The maximum atomic E-state index is 13.5. The lowest BCUT2D eigenvalue weighted by Gasteiger charge is -2.12. The van der Waals surface area contributed by atoms with Crippen molar-refractivity contribution in [2.75, 3.05) is 0 Å². The van der Waals surface area contributed by atoms with Gasteiger partial charge in [0.25, 0.3) is 0 Å². The lowest BCUT2D eigenvalue weighted by Crippen LogP contribution is -2.27. The summed E-state index contributed by atoms with van der Waals surface area (Å²) in [5.74, 6) is 2.26. The van der Waals surface area contributed by atoms with Crippen molar-refractivity contribution in [3.8, 4) is 0 Å². The molecule has 2 saturated carbocycles. The highest BCUT2D eigenvalue weighted by molar-refractivity contribution is 5.19. The topological polar surface area (TPSA) is 26.0 Å². The van der Waals surface area contributed by atoms with E-state index in [1.54, 1.807) is 6.07 Å². The molecule has 0 aliphatic heterocycles. The Morgan fingerprint density at radius 3 is 2.47 bits per heavy atom. The van der Waals surface area contributed by atoms with Crippen LogP contribution in [0.25, 0.3) is 0 Å². The van der Waals surface area contributed by atoms with E-state index in [0.29, 0.717) is 12.3 Å². The van der Waals surface area contributed by atoms with Crippen LogP contribution in [0.3, 0.4) is 0 Å². The van der Waals surface area contributed by atoms with Crippen LogP contribution in [0.2, 0.25) is 0 Å². The zero-order valence-electron chi connectivity index (χ0n) is 10.1. The molecule has 0 radical (unpaired) electrons. The van der Waals surface area contributed by atoms with Gasteiger partial charge < -0.3 is 5.73 Å².